The van der Waals surface area contributed by atoms with Gasteiger partial charge in [-0.05, 0) is 55.3 Å². The maximum absolute atomic E-state index is 12.8. The van der Waals surface area contributed by atoms with Crippen molar-refractivity contribution in [1.29, 1.82) is 0 Å². The number of amides is 1. The van der Waals surface area contributed by atoms with Crippen LogP contribution in [0.1, 0.15) is 28.8 Å². The molecule has 0 bridgehead atoms. The van der Waals surface area contributed by atoms with Crippen molar-refractivity contribution in [2.24, 2.45) is 0 Å². The van der Waals surface area contributed by atoms with E-state index in [1.807, 2.05) is 18.2 Å². The predicted molar refractivity (Wildman–Crippen MR) is 122 cm³/mol. The Hall–Kier alpha value is -2.89. The molecular weight excluding hydrogens is 396 g/mol. The number of halogens is 1. The maximum atomic E-state index is 12.8. The van der Waals surface area contributed by atoms with Crippen molar-refractivity contribution in [1.82, 2.24) is 9.88 Å². The molecule has 1 aliphatic rings. The number of hydrogen-bond donors (Lipinski definition) is 2. The van der Waals surface area contributed by atoms with Crippen molar-refractivity contribution in [3.05, 3.63) is 89.1 Å². The Kier molecular flexibility index (Phi) is 6.62. The van der Waals surface area contributed by atoms with Crippen molar-refractivity contribution in [2.75, 3.05) is 23.7 Å². The molecule has 1 saturated heterocycles. The van der Waals surface area contributed by atoms with E-state index < -0.39 is 0 Å². The van der Waals surface area contributed by atoms with Crippen molar-refractivity contribution in [3.63, 3.8) is 0 Å². The number of likely N-dealkylation sites (tertiary alicyclic amines) is 1. The van der Waals surface area contributed by atoms with Crippen molar-refractivity contribution in [2.45, 2.75) is 25.4 Å². The summed E-state index contributed by atoms with van der Waals surface area (Å²) < 4.78 is 0. The van der Waals surface area contributed by atoms with Crippen LogP contribution in [0, 0.1) is 0 Å². The quantitative estimate of drug-likeness (QED) is 0.585. The van der Waals surface area contributed by atoms with Gasteiger partial charge in [0.25, 0.3) is 5.91 Å². The molecule has 1 aromatic heterocycles. The number of hydrogen-bond acceptors (Lipinski definition) is 4. The summed E-state index contributed by atoms with van der Waals surface area (Å²) in [6.07, 6.45) is 3.88. The zero-order valence-electron chi connectivity index (χ0n) is 16.7. The standard InChI is InChI=1S/C24H25ClN4O/c25-19-9-4-10-20(15-19)28-24(30)22-12-5-13-26-23(22)27-21-11-6-14-29(17-21)16-18-7-2-1-3-8-18/h1-5,7-10,12-13,15,21H,6,11,14,16-17H2,(H,26,27)(H,28,30). The average molecular weight is 421 g/mol. The lowest BCUT2D eigenvalue weighted by Crippen LogP contribution is -2.42. The van der Waals surface area contributed by atoms with Crippen LogP contribution < -0.4 is 10.6 Å². The summed E-state index contributed by atoms with van der Waals surface area (Å²) in [6.45, 7) is 2.93. The number of rotatable bonds is 6. The number of nitrogens with zero attached hydrogens (tertiary/aromatic N) is 2. The molecule has 0 radical (unpaired) electrons. The van der Waals surface area contributed by atoms with E-state index in [2.05, 4.69) is 44.8 Å². The lowest BCUT2D eigenvalue weighted by atomic mass is 10.0. The van der Waals surface area contributed by atoms with Crippen molar-refractivity contribution < 1.29 is 4.79 Å². The average Bonchev–Trinajstić information content (AvgIpc) is 2.75. The summed E-state index contributed by atoms with van der Waals surface area (Å²) in [5, 5.41) is 6.99. The van der Waals surface area contributed by atoms with E-state index in [4.69, 9.17) is 11.6 Å². The third-order valence-corrected chi connectivity index (χ3v) is 5.47. The largest absolute Gasteiger partial charge is 0.365 e. The molecule has 2 heterocycles. The molecule has 0 aliphatic carbocycles. The van der Waals surface area contributed by atoms with Gasteiger partial charge in [0, 0.05) is 36.0 Å². The molecular formula is C24H25ClN4O. The second-order valence-corrected chi connectivity index (χ2v) is 8.00. The second-order valence-electron chi connectivity index (χ2n) is 7.57. The first-order valence-corrected chi connectivity index (χ1v) is 10.6. The lowest BCUT2D eigenvalue weighted by molar-refractivity contribution is 0.102. The van der Waals surface area contributed by atoms with Crippen LogP contribution in [0.4, 0.5) is 11.5 Å². The highest BCUT2D eigenvalue weighted by Crippen LogP contribution is 2.21. The molecule has 5 nitrogen and oxygen atoms in total. The molecule has 30 heavy (non-hydrogen) atoms. The van der Waals surface area contributed by atoms with Crippen molar-refractivity contribution in [3.8, 4) is 0 Å². The maximum Gasteiger partial charge on any atom is 0.259 e. The van der Waals surface area contributed by atoms with E-state index in [1.54, 1.807) is 30.5 Å². The van der Waals surface area contributed by atoms with E-state index in [9.17, 15) is 4.79 Å². The minimum absolute atomic E-state index is 0.204. The fraction of sp³-hybridized carbons (Fsp3) is 0.250. The Morgan fingerprint density at radius 1 is 1.10 bits per heavy atom. The first-order valence-electron chi connectivity index (χ1n) is 10.2. The molecule has 1 amide bonds. The zero-order valence-corrected chi connectivity index (χ0v) is 17.5. The molecule has 0 saturated carbocycles. The third-order valence-electron chi connectivity index (χ3n) is 5.23. The van der Waals surface area contributed by atoms with Crippen LogP contribution in [0.15, 0.2) is 72.9 Å². The molecule has 2 N–H and O–H groups in total. The van der Waals surface area contributed by atoms with E-state index in [0.29, 0.717) is 22.1 Å². The van der Waals surface area contributed by atoms with Gasteiger partial charge >= 0.3 is 0 Å². The summed E-state index contributed by atoms with van der Waals surface area (Å²) in [5.74, 6) is 0.411. The van der Waals surface area contributed by atoms with E-state index in [0.717, 1.165) is 32.5 Å². The Balaban J connectivity index is 1.42. The molecule has 4 rings (SSSR count). The number of pyridine rings is 1. The first-order chi connectivity index (χ1) is 14.7. The fourth-order valence-electron chi connectivity index (χ4n) is 3.82. The van der Waals surface area contributed by atoms with Crippen LogP contribution in [-0.2, 0) is 6.54 Å². The van der Waals surface area contributed by atoms with Gasteiger partial charge < -0.3 is 10.6 Å². The van der Waals surface area contributed by atoms with Gasteiger partial charge in [-0.15, -0.1) is 0 Å². The normalized spacial score (nSPS) is 16.8. The Morgan fingerprint density at radius 2 is 1.97 bits per heavy atom. The van der Waals surface area contributed by atoms with Gasteiger partial charge in [-0.3, -0.25) is 9.69 Å². The van der Waals surface area contributed by atoms with E-state index in [-0.39, 0.29) is 11.9 Å². The highest BCUT2D eigenvalue weighted by Gasteiger charge is 2.22. The second kappa shape index (κ2) is 9.74. The molecule has 1 unspecified atom stereocenters. The van der Waals surface area contributed by atoms with Gasteiger partial charge in [-0.25, -0.2) is 4.98 Å². The predicted octanol–water partition coefficient (Wildman–Crippen LogP) is 5.06. The number of aromatic nitrogens is 1. The Morgan fingerprint density at radius 3 is 2.80 bits per heavy atom. The van der Waals surface area contributed by atoms with Gasteiger partial charge in [-0.1, -0.05) is 48.0 Å². The van der Waals surface area contributed by atoms with E-state index in [1.165, 1.54) is 5.56 Å². The number of nitrogens with one attached hydrogen (secondary N) is 2. The molecule has 1 atom stereocenters. The number of anilines is 2. The molecule has 154 valence electrons. The van der Waals surface area contributed by atoms with Crippen LogP contribution in [0.5, 0.6) is 0 Å². The van der Waals surface area contributed by atoms with Gasteiger partial charge in [0.05, 0.1) is 5.56 Å². The van der Waals surface area contributed by atoms with E-state index >= 15 is 0 Å². The van der Waals surface area contributed by atoms with Crippen LogP contribution in [0.25, 0.3) is 0 Å². The first kappa shape index (κ1) is 20.4. The summed E-state index contributed by atoms with van der Waals surface area (Å²) in [7, 11) is 0. The molecule has 1 fully saturated rings. The minimum Gasteiger partial charge on any atom is -0.365 e. The van der Waals surface area contributed by atoms with Crippen LogP contribution in [0.3, 0.4) is 0 Å². The topological polar surface area (TPSA) is 57.3 Å². The van der Waals surface area contributed by atoms with Crippen molar-refractivity contribution >= 4 is 29.0 Å². The highest BCUT2D eigenvalue weighted by atomic mass is 35.5. The van der Waals surface area contributed by atoms with Gasteiger partial charge in [0.15, 0.2) is 0 Å². The summed E-state index contributed by atoms with van der Waals surface area (Å²) in [4.78, 5) is 19.7. The zero-order chi connectivity index (χ0) is 20.8. The molecule has 0 spiro atoms. The monoisotopic (exact) mass is 420 g/mol. The Labute approximate surface area is 182 Å². The number of carbonyl (C=O) groups is 1. The molecule has 2 aromatic carbocycles. The van der Waals surface area contributed by atoms with Gasteiger partial charge in [-0.2, -0.15) is 0 Å². The minimum atomic E-state index is -0.204. The smallest absolute Gasteiger partial charge is 0.259 e. The summed E-state index contributed by atoms with van der Waals surface area (Å²) in [5.41, 5.74) is 2.50. The number of benzene rings is 2. The van der Waals surface area contributed by atoms with Crippen LogP contribution in [0.2, 0.25) is 5.02 Å². The molecule has 6 heteroatoms. The summed E-state index contributed by atoms with van der Waals surface area (Å²) >= 11 is 6.03. The van der Waals surface area contributed by atoms with Gasteiger partial charge in [0.2, 0.25) is 0 Å². The Bertz CT molecular complexity index is 995. The fourth-order valence-corrected chi connectivity index (χ4v) is 4.01. The van der Waals surface area contributed by atoms with Gasteiger partial charge in [0.1, 0.15) is 5.82 Å². The molecule has 1 aliphatic heterocycles. The summed E-state index contributed by atoms with van der Waals surface area (Å²) in [6, 6.07) is 21.5. The van der Waals surface area contributed by atoms with Crippen LogP contribution >= 0.6 is 11.6 Å². The van der Waals surface area contributed by atoms with Crippen LogP contribution in [-0.4, -0.2) is 34.9 Å². The molecule has 3 aromatic rings. The highest BCUT2D eigenvalue weighted by molar-refractivity contribution is 6.31. The third kappa shape index (κ3) is 5.38. The SMILES string of the molecule is O=C(Nc1cccc(Cl)c1)c1cccnc1NC1CCCN(Cc2ccccc2)C1. The number of piperidine rings is 1. The lowest BCUT2D eigenvalue weighted by Gasteiger charge is -2.33. The number of carbonyl (C=O) groups excluding carboxylic acids is 1.